The van der Waals surface area contributed by atoms with Crippen LogP contribution < -0.4 is 5.32 Å². The molecule has 0 amide bonds. The van der Waals surface area contributed by atoms with Crippen LogP contribution in [0.1, 0.15) is 29.6 Å². The minimum absolute atomic E-state index is 0.111. The van der Waals surface area contributed by atoms with Gasteiger partial charge in [0.05, 0.1) is 29.8 Å². The molecular formula is C13H18N4OS. The average molecular weight is 278 g/mol. The van der Waals surface area contributed by atoms with Crippen LogP contribution in [0.15, 0.2) is 24.1 Å². The van der Waals surface area contributed by atoms with Crippen LogP contribution in [0, 0.1) is 0 Å². The van der Waals surface area contributed by atoms with Crippen molar-refractivity contribution in [3.8, 4) is 0 Å². The van der Waals surface area contributed by atoms with E-state index in [1.807, 2.05) is 24.1 Å². The molecule has 102 valence electrons. The quantitative estimate of drug-likeness (QED) is 0.926. The Labute approximate surface area is 116 Å². The van der Waals surface area contributed by atoms with Gasteiger partial charge in [-0.1, -0.05) is 6.92 Å². The lowest BCUT2D eigenvalue weighted by atomic mass is 10.1. The van der Waals surface area contributed by atoms with Crippen molar-refractivity contribution in [2.24, 2.45) is 0 Å². The Hall–Kier alpha value is -1.24. The molecule has 1 saturated heterocycles. The van der Waals surface area contributed by atoms with E-state index in [2.05, 4.69) is 26.8 Å². The van der Waals surface area contributed by atoms with Crippen molar-refractivity contribution < 1.29 is 4.74 Å². The highest BCUT2D eigenvalue weighted by Gasteiger charge is 2.20. The van der Waals surface area contributed by atoms with E-state index >= 15 is 0 Å². The molecule has 6 heteroatoms. The summed E-state index contributed by atoms with van der Waals surface area (Å²) in [5, 5.41) is 6.55. The summed E-state index contributed by atoms with van der Waals surface area (Å²) >= 11 is 1.71. The lowest BCUT2D eigenvalue weighted by Crippen LogP contribution is -2.34. The predicted octanol–water partition coefficient (Wildman–Crippen LogP) is 1.80. The monoisotopic (exact) mass is 278 g/mol. The summed E-state index contributed by atoms with van der Waals surface area (Å²) in [6, 6.07) is 0. The molecule has 2 aromatic rings. The molecule has 0 bridgehead atoms. The number of nitrogens with one attached hydrogen (secondary N) is 1. The molecule has 3 heterocycles. The molecule has 2 aromatic heterocycles. The molecule has 1 N–H and O–H groups in total. The maximum absolute atomic E-state index is 5.80. The highest BCUT2D eigenvalue weighted by molar-refractivity contribution is 7.09. The summed E-state index contributed by atoms with van der Waals surface area (Å²) in [6.45, 7) is 5.64. The highest BCUT2D eigenvalue weighted by atomic mass is 32.1. The van der Waals surface area contributed by atoms with Gasteiger partial charge in [0.1, 0.15) is 6.10 Å². The van der Waals surface area contributed by atoms with E-state index in [-0.39, 0.29) is 6.10 Å². The number of hydrogen-bond donors (Lipinski definition) is 1. The number of hydrogen-bond acceptors (Lipinski definition) is 5. The molecule has 1 aliphatic heterocycles. The molecule has 1 fully saturated rings. The number of imidazole rings is 1. The molecule has 2 unspecified atom stereocenters. The molecule has 0 spiro atoms. The zero-order valence-electron chi connectivity index (χ0n) is 11.0. The van der Waals surface area contributed by atoms with Crippen LogP contribution in [0.2, 0.25) is 0 Å². The van der Waals surface area contributed by atoms with Crippen LogP contribution in [-0.4, -0.2) is 34.2 Å². The van der Waals surface area contributed by atoms with E-state index in [0.29, 0.717) is 5.92 Å². The van der Waals surface area contributed by atoms with Crippen LogP contribution in [0.5, 0.6) is 0 Å². The van der Waals surface area contributed by atoms with Gasteiger partial charge in [-0.15, -0.1) is 11.3 Å². The summed E-state index contributed by atoms with van der Waals surface area (Å²) < 4.78 is 7.98. The van der Waals surface area contributed by atoms with Crippen LogP contribution in [-0.2, 0) is 11.3 Å². The topological polar surface area (TPSA) is 52.0 Å². The van der Waals surface area contributed by atoms with Crippen molar-refractivity contribution in [1.82, 2.24) is 19.9 Å². The lowest BCUT2D eigenvalue weighted by molar-refractivity contribution is 0.0226. The maximum atomic E-state index is 5.80. The van der Waals surface area contributed by atoms with Gasteiger partial charge in [0.2, 0.25) is 0 Å². The fourth-order valence-corrected chi connectivity index (χ4v) is 3.05. The Kier molecular flexibility index (Phi) is 3.91. The van der Waals surface area contributed by atoms with Crippen molar-refractivity contribution in [2.45, 2.75) is 25.5 Å². The Morgan fingerprint density at radius 1 is 1.63 bits per heavy atom. The second-order valence-corrected chi connectivity index (χ2v) is 5.73. The van der Waals surface area contributed by atoms with Crippen LogP contribution in [0.25, 0.3) is 0 Å². The van der Waals surface area contributed by atoms with E-state index in [1.54, 1.807) is 11.3 Å². The van der Waals surface area contributed by atoms with Gasteiger partial charge in [0.15, 0.2) is 0 Å². The van der Waals surface area contributed by atoms with Gasteiger partial charge in [-0.25, -0.2) is 9.97 Å². The fourth-order valence-electron chi connectivity index (χ4n) is 2.36. The first kappa shape index (κ1) is 12.8. The van der Waals surface area contributed by atoms with Gasteiger partial charge in [-0.3, -0.25) is 0 Å². The number of morpholine rings is 1. The Morgan fingerprint density at radius 2 is 2.58 bits per heavy atom. The summed E-state index contributed by atoms with van der Waals surface area (Å²) in [5.41, 5.74) is 1.15. The van der Waals surface area contributed by atoms with Crippen molar-refractivity contribution in [2.75, 3.05) is 19.7 Å². The van der Waals surface area contributed by atoms with Gasteiger partial charge in [0.25, 0.3) is 0 Å². The minimum atomic E-state index is 0.111. The second kappa shape index (κ2) is 5.81. The number of nitrogens with zero attached hydrogens (tertiary/aromatic N) is 3. The van der Waals surface area contributed by atoms with E-state index < -0.39 is 0 Å². The number of thiazole rings is 1. The van der Waals surface area contributed by atoms with Crippen LogP contribution in [0.3, 0.4) is 0 Å². The van der Waals surface area contributed by atoms with E-state index in [0.717, 1.165) is 31.9 Å². The van der Waals surface area contributed by atoms with E-state index in [1.165, 1.54) is 5.01 Å². The SMILES string of the molecule is CC(Cn1cncc1C1CNCCO1)c1nccs1. The average Bonchev–Trinajstić information content (AvgIpc) is 3.11. The number of aromatic nitrogens is 3. The summed E-state index contributed by atoms with van der Waals surface area (Å²) in [4.78, 5) is 8.65. The van der Waals surface area contributed by atoms with Crippen molar-refractivity contribution in [1.29, 1.82) is 0 Å². The molecule has 0 saturated carbocycles. The predicted molar refractivity (Wildman–Crippen MR) is 74.3 cm³/mol. The summed E-state index contributed by atoms with van der Waals surface area (Å²) in [7, 11) is 0. The highest BCUT2D eigenvalue weighted by Crippen LogP contribution is 2.23. The minimum Gasteiger partial charge on any atom is -0.369 e. The second-order valence-electron chi connectivity index (χ2n) is 4.81. The van der Waals surface area contributed by atoms with Crippen molar-refractivity contribution in [3.05, 3.63) is 34.8 Å². The standard InChI is InChI=1S/C13H18N4OS/c1-10(13-16-3-5-19-13)8-17-9-15-6-11(17)12-7-14-2-4-18-12/h3,5-6,9-10,12,14H,2,4,7-8H2,1H3. The lowest BCUT2D eigenvalue weighted by Gasteiger charge is -2.25. The van der Waals surface area contributed by atoms with Gasteiger partial charge in [-0.05, 0) is 0 Å². The maximum Gasteiger partial charge on any atom is 0.111 e. The van der Waals surface area contributed by atoms with Gasteiger partial charge in [0, 0.05) is 37.1 Å². The smallest absolute Gasteiger partial charge is 0.111 e. The molecule has 5 nitrogen and oxygen atoms in total. The first-order valence-corrected chi connectivity index (χ1v) is 7.44. The Morgan fingerprint density at radius 3 is 3.32 bits per heavy atom. The number of ether oxygens (including phenoxy) is 1. The normalized spacial score (nSPS) is 21.4. The largest absolute Gasteiger partial charge is 0.369 e. The zero-order chi connectivity index (χ0) is 13.1. The van der Waals surface area contributed by atoms with Crippen LogP contribution in [0.4, 0.5) is 0 Å². The van der Waals surface area contributed by atoms with Crippen molar-refractivity contribution >= 4 is 11.3 Å². The third-order valence-electron chi connectivity index (χ3n) is 3.35. The third kappa shape index (κ3) is 2.86. The fraction of sp³-hybridized carbons (Fsp3) is 0.538. The van der Waals surface area contributed by atoms with Gasteiger partial charge in [-0.2, -0.15) is 0 Å². The van der Waals surface area contributed by atoms with E-state index in [9.17, 15) is 0 Å². The zero-order valence-corrected chi connectivity index (χ0v) is 11.8. The first-order valence-electron chi connectivity index (χ1n) is 6.56. The van der Waals surface area contributed by atoms with Crippen LogP contribution >= 0.6 is 11.3 Å². The molecule has 0 aliphatic carbocycles. The molecule has 1 aliphatic rings. The number of rotatable bonds is 4. The molecule has 0 aromatic carbocycles. The molecule has 0 radical (unpaired) electrons. The molecule has 3 rings (SSSR count). The molecule has 2 atom stereocenters. The van der Waals surface area contributed by atoms with Crippen molar-refractivity contribution in [3.63, 3.8) is 0 Å². The molecule has 19 heavy (non-hydrogen) atoms. The first-order chi connectivity index (χ1) is 9.34. The van der Waals surface area contributed by atoms with Gasteiger partial charge >= 0.3 is 0 Å². The molecular weight excluding hydrogens is 260 g/mol. The Bertz CT molecular complexity index is 504. The summed E-state index contributed by atoms with van der Waals surface area (Å²) in [6.07, 6.45) is 5.77. The Balaban J connectivity index is 1.73. The third-order valence-corrected chi connectivity index (χ3v) is 4.35. The van der Waals surface area contributed by atoms with Gasteiger partial charge < -0.3 is 14.6 Å². The summed E-state index contributed by atoms with van der Waals surface area (Å²) in [5.74, 6) is 0.393. The van der Waals surface area contributed by atoms with E-state index in [4.69, 9.17) is 4.74 Å².